The zero-order valence-corrected chi connectivity index (χ0v) is 15.6. The molecule has 0 aliphatic carbocycles. The summed E-state index contributed by atoms with van der Waals surface area (Å²) in [5, 5.41) is 3.24. The van der Waals surface area contributed by atoms with Gasteiger partial charge in [0.15, 0.2) is 11.6 Å². The lowest BCUT2D eigenvalue weighted by Gasteiger charge is -2.27. The number of nitrogens with one attached hydrogen (secondary N) is 2. The molecule has 1 aliphatic heterocycles. The molecule has 2 aromatic rings. The number of hydrogen-bond acceptors (Lipinski definition) is 4. The van der Waals surface area contributed by atoms with Gasteiger partial charge in [0, 0.05) is 12.6 Å². The fraction of sp³-hybridized carbons (Fsp3) is 0.294. The van der Waals surface area contributed by atoms with Crippen LogP contribution in [0.2, 0.25) is 0 Å². The van der Waals surface area contributed by atoms with Gasteiger partial charge in [-0.2, -0.15) is 8.78 Å². The number of halogens is 4. The quantitative estimate of drug-likeness (QED) is 0.751. The van der Waals surface area contributed by atoms with Gasteiger partial charge in [0.1, 0.15) is 0 Å². The predicted molar refractivity (Wildman–Crippen MR) is 96.4 cm³/mol. The van der Waals surface area contributed by atoms with Crippen LogP contribution < -0.4 is 14.8 Å². The van der Waals surface area contributed by atoms with Gasteiger partial charge in [-0.15, -0.1) is 12.4 Å². The predicted octanol–water partition coefficient (Wildman–Crippen LogP) is 3.01. The molecular formula is C17H18ClF3N2O3S. The largest absolute Gasteiger partial charge is 0.432 e. The van der Waals surface area contributed by atoms with Crippen LogP contribution in [0.3, 0.4) is 0 Å². The van der Waals surface area contributed by atoms with Gasteiger partial charge >= 0.3 is 6.61 Å². The SMILES string of the molecule is Cl.O=S(=O)(NCC1NCCc2ccccc21)c1ccc(OC(F)F)c(F)c1. The summed E-state index contributed by atoms with van der Waals surface area (Å²) in [4.78, 5) is -0.360. The molecule has 0 saturated heterocycles. The van der Waals surface area contributed by atoms with Crippen molar-refractivity contribution in [3.8, 4) is 5.75 Å². The Morgan fingerprint density at radius 3 is 2.67 bits per heavy atom. The van der Waals surface area contributed by atoms with E-state index in [1.165, 1.54) is 0 Å². The number of hydrogen-bond donors (Lipinski definition) is 2. The fourth-order valence-corrected chi connectivity index (χ4v) is 3.95. The molecule has 0 bridgehead atoms. The molecule has 2 N–H and O–H groups in total. The molecule has 0 radical (unpaired) electrons. The van der Waals surface area contributed by atoms with Crippen molar-refractivity contribution in [1.29, 1.82) is 0 Å². The summed E-state index contributed by atoms with van der Waals surface area (Å²) in [5.74, 6) is -1.88. The molecule has 1 atom stereocenters. The Labute approximate surface area is 161 Å². The molecule has 3 rings (SSSR count). The molecule has 0 amide bonds. The van der Waals surface area contributed by atoms with Crippen molar-refractivity contribution in [2.24, 2.45) is 0 Å². The Hall–Kier alpha value is -1.81. The summed E-state index contributed by atoms with van der Waals surface area (Å²) in [5.41, 5.74) is 2.16. The van der Waals surface area contributed by atoms with E-state index in [9.17, 15) is 21.6 Å². The highest BCUT2D eigenvalue weighted by Crippen LogP contribution is 2.24. The lowest BCUT2D eigenvalue weighted by Crippen LogP contribution is -2.38. The molecule has 1 heterocycles. The van der Waals surface area contributed by atoms with Crippen molar-refractivity contribution >= 4 is 22.4 Å². The minimum atomic E-state index is -4.00. The van der Waals surface area contributed by atoms with Gasteiger partial charge in [-0.25, -0.2) is 17.5 Å². The number of rotatable bonds is 6. The lowest BCUT2D eigenvalue weighted by molar-refractivity contribution is -0.0522. The van der Waals surface area contributed by atoms with Crippen LogP contribution in [0.4, 0.5) is 13.2 Å². The topological polar surface area (TPSA) is 67.4 Å². The zero-order valence-electron chi connectivity index (χ0n) is 14.0. The summed E-state index contributed by atoms with van der Waals surface area (Å²) in [7, 11) is -4.00. The first-order valence-electron chi connectivity index (χ1n) is 7.92. The van der Waals surface area contributed by atoms with E-state index in [2.05, 4.69) is 14.8 Å². The Morgan fingerprint density at radius 1 is 1.22 bits per heavy atom. The Balaban J connectivity index is 0.00000261. The molecule has 1 unspecified atom stereocenters. The molecule has 2 aromatic carbocycles. The van der Waals surface area contributed by atoms with Gasteiger partial charge in [0.25, 0.3) is 0 Å². The number of benzene rings is 2. The number of ether oxygens (including phenoxy) is 1. The Morgan fingerprint density at radius 2 is 1.96 bits per heavy atom. The van der Waals surface area contributed by atoms with Crippen LogP contribution in [-0.2, 0) is 16.4 Å². The first-order chi connectivity index (χ1) is 12.4. The summed E-state index contributed by atoms with van der Waals surface area (Å²) < 4.78 is 69.2. The third-order valence-corrected chi connectivity index (χ3v) is 5.54. The smallest absolute Gasteiger partial charge is 0.387 e. The fourth-order valence-electron chi connectivity index (χ4n) is 2.89. The third kappa shape index (κ3) is 5.13. The monoisotopic (exact) mass is 422 g/mol. The van der Waals surface area contributed by atoms with E-state index in [1.54, 1.807) is 0 Å². The first kappa shape index (κ1) is 21.5. The van der Waals surface area contributed by atoms with E-state index < -0.39 is 28.2 Å². The van der Waals surface area contributed by atoms with E-state index in [0.29, 0.717) is 6.07 Å². The average Bonchev–Trinajstić information content (AvgIpc) is 2.61. The lowest BCUT2D eigenvalue weighted by atomic mass is 9.95. The standard InChI is InChI=1S/C17H17F3N2O3S.ClH/c18-14-9-12(5-6-16(14)25-17(19)20)26(23,24)22-10-15-13-4-2-1-3-11(13)7-8-21-15;/h1-6,9,15,17,21-22H,7-8,10H2;1H. The number of fused-ring (bicyclic) bond motifs is 1. The van der Waals surface area contributed by atoms with Crippen molar-refractivity contribution in [3.63, 3.8) is 0 Å². The highest BCUT2D eigenvalue weighted by Gasteiger charge is 2.23. The maximum atomic E-state index is 13.8. The van der Waals surface area contributed by atoms with Crippen LogP contribution in [0, 0.1) is 5.82 Å². The highest BCUT2D eigenvalue weighted by atomic mass is 35.5. The van der Waals surface area contributed by atoms with E-state index in [0.717, 1.165) is 36.2 Å². The van der Waals surface area contributed by atoms with Gasteiger partial charge < -0.3 is 10.1 Å². The van der Waals surface area contributed by atoms with Crippen LogP contribution in [0.25, 0.3) is 0 Å². The molecule has 5 nitrogen and oxygen atoms in total. The van der Waals surface area contributed by atoms with Gasteiger partial charge in [0.2, 0.25) is 10.0 Å². The van der Waals surface area contributed by atoms with E-state index in [4.69, 9.17) is 0 Å². The molecule has 1 aliphatic rings. The molecular weight excluding hydrogens is 405 g/mol. The van der Waals surface area contributed by atoms with Crippen LogP contribution >= 0.6 is 12.4 Å². The van der Waals surface area contributed by atoms with Gasteiger partial charge in [-0.3, -0.25) is 0 Å². The maximum absolute atomic E-state index is 13.8. The first-order valence-corrected chi connectivity index (χ1v) is 9.40. The second kappa shape index (κ2) is 8.92. The molecule has 10 heteroatoms. The van der Waals surface area contributed by atoms with Crippen LogP contribution in [0.1, 0.15) is 17.2 Å². The van der Waals surface area contributed by atoms with Crippen LogP contribution in [0.5, 0.6) is 5.75 Å². The minimum absolute atomic E-state index is 0. The van der Waals surface area contributed by atoms with Crippen molar-refractivity contribution in [2.75, 3.05) is 13.1 Å². The van der Waals surface area contributed by atoms with Gasteiger partial charge in [-0.05, 0) is 42.3 Å². The Kier molecular flexibility index (Phi) is 7.10. The van der Waals surface area contributed by atoms with Crippen molar-refractivity contribution < 1.29 is 26.3 Å². The molecule has 0 fully saturated rings. The van der Waals surface area contributed by atoms with Crippen LogP contribution in [0.15, 0.2) is 47.4 Å². The van der Waals surface area contributed by atoms with Crippen molar-refractivity contribution in [3.05, 3.63) is 59.4 Å². The van der Waals surface area contributed by atoms with Gasteiger partial charge in [0.05, 0.1) is 4.90 Å². The summed E-state index contributed by atoms with van der Waals surface area (Å²) >= 11 is 0. The van der Waals surface area contributed by atoms with Crippen molar-refractivity contribution in [1.82, 2.24) is 10.0 Å². The third-order valence-electron chi connectivity index (χ3n) is 4.12. The summed E-state index contributed by atoms with van der Waals surface area (Å²) in [6.45, 7) is -2.39. The van der Waals surface area contributed by atoms with E-state index >= 15 is 0 Å². The second-order valence-electron chi connectivity index (χ2n) is 5.78. The maximum Gasteiger partial charge on any atom is 0.387 e. The molecule has 0 aromatic heterocycles. The molecule has 27 heavy (non-hydrogen) atoms. The molecule has 0 spiro atoms. The summed E-state index contributed by atoms with van der Waals surface area (Å²) in [6.07, 6.45) is 0.857. The van der Waals surface area contributed by atoms with Crippen molar-refractivity contribution in [2.45, 2.75) is 24.0 Å². The normalized spacial score (nSPS) is 16.5. The average molecular weight is 423 g/mol. The number of sulfonamides is 1. The number of alkyl halides is 2. The zero-order chi connectivity index (χ0) is 18.7. The Bertz CT molecular complexity index is 897. The minimum Gasteiger partial charge on any atom is -0.432 e. The van der Waals surface area contributed by atoms with Gasteiger partial charge in [-0.1, -0.05) is 24.3 Å². The molecule has 0 saturated carbocycles. The second-order valence-corrected chi connectivity index (χ2v) is 7.55. The highest BCUT2D eigenvalue weighted by molar-refractivity contribution is 7.89. The van der Waals surface area contributed by atoms with Crippen LogP contribution in [-0.4, -0.2) is 28.1 Å². The van der Waals surface area contributed by atoms with E-state index in [-0.39, 0.29) is 29.9 Å². The van der Waals surface area contributed by atoms with E-state index in [1.807, 2.05) is 24.3 Å². The molecule has 148 valence electrons. The summed E-state index contributed by atoms with van der Waals surface area (Å²) in [6, 6.07) is 10.1.